The lowest BCUT2D eigenvalue weighted by atomic mass is 10.2. The number of benzene rings is 2. The summed E-state index contributed by atoms with van der Waals surface area (Å²) in [6.07, 6.45) is -0.110. The summed E-state index contributed by atoms with van der Waals surface area (Å²) in [5, 5.41) is 0. The maximum atomic E-state index is 12.8. The van der Waals surface area contributed by atoms with Crippen LogP contribution in [-0.2, 0) is 16.2 Å². The van der Waals surface area contributed by atoms with Crippen LogP contribution in [-0.4, -0.2) is 71.6 Å². The number of nitrogens with zero attached hydrogens (tertiary/aromatic N) is 3. The van der Waals surface area contributed by atoms with Crippen molar-refractivity contribution in [2.45, 2.75) is 36.8 Å². The highest BCUT2D eigenvalue weighted by atomic mass is 32.2. The van der Waals surface area contributed by atoms with Gasteiger partial charge in [-0.25, -0.2) is 8.42 Å². The Morgan fingerprint density at radius 2 is 1.49 bits per heavy atom. The number of likely N-dealkylation sites (N-methyl/N-ethyl adjacent to an activating group) is 1. The van der Waals surface area contributed by atoms with Crippen LogP contribution in [0.5, 0.6) is 5.75 Å². The smallest absolute Gasteiger partial charge is 0.416 e. The lowest BCUT2D eigenvalue weighted by Gasteiger charge is -2.32. The van der Waals surface area contributed by atoms with E-state index >= 15 is 0 Å². The van der Waals surface area contributed by atoms with E-state index in [9.17, 15) is 21.6 Å². The van der Waals surface area contributed by atoms with E-state index in [0.29, 0.717) is 18.0 Å². The van der Waals surface area contributed by atoms with Gasteiger partial charge in [-0.2, -0.15) is 13.2 Å². The lowest BCUT2D eigenvalue weighted by Crippen LogP contribution is -2.44. The molecule has 2 aromatic carbocycles. The normalized spacial score (nSPS) is 15.8. The number of hydrogen-bond donors (Lipinski definition) is 0. The van der Waals surface area contributed by atoms with Gasteiger partial charge in [-0.3, -0.25) is 4.31 Å². The van der Waals surface area contributed by atoms with Crippen molar-refractivity contribution in [2.75, 3.05) is 57.7 Å². The number of rotatable bonds is 11. The van der Waals surface area contributed by atoms with Crippen molar-refractivity contribution in [1.82, 2.24) is 9.80 Å². The average Bonchev–Trinajstić information content (AvgIpc) is 2.84. The van der Waals surface area contributed by atoms with Gasteiger partial charge in [-0.05, 0) is 75.0 Å². The molecule has 10 heteroatoms. The molecule has 0 bridgehead atoms. The fourth-order valence-corrected chi connectivity index (χ4v) is 5.11. The Bertz CT molecular complexity index is 1020. The van der Waals surface area contributed by atoms with Crippen LogP contribution in [0.25, 0.3) is 0 Å². The predicted molar refractivity (Wildman–Crippen MR) is 131 cm³/mol. The molecule has 0 unspecified atom stereocenters. The molecule has 35 heavy (non-hydrogen) atoms. The number of sulfonamides is 1. The quantitative estimate of drug-likeness (QED) is 0.407. The molecular weight excluding hydrogens is 479 g/mol. The molecule has 1 heterocycles. The highest BCUT2D eigenvalue weighted by molar-refractivity contribution is 7.92. The van der Waals surface area contributed by atoms with E-state index in [4.69, 9.17) is 4.74 Å². The highest BCUT2D eigenvalue weighted by Crippen LogP contribution is 2.31. The third-order valence-corrected chi connectivity index (χ3v) is 8.07. The van der Waals surface area contributed by atoms with Crippen molar-refractivity contribution in [2.24, 2.45) is 0 Å². The van der Waals surface area contributed by atoms with Crippen LogP contribution in [0.3, 0.4) is 0 Å². The number of ether oxygens (including phenoxy) is 1. The van der Waals surface area contributed by atoms with E-state index in [2.05, 4.69) is 16.8 Å². The Morgan fingerprint density at radius 3 is 2.09 bits per heavy atom. The molecule has 1 fully saturated rings. The monoisotopic (exact) mass is 513 g/mol. The van der Waals surface area contributed by atoms with Gasteiger partial charge >= 0.3 is 6.18 Å². The van der Waals surface area contributed by atoms with Crippen molar-refractivity contribution >= 4 is 15.7 Å². The lowest BCUT2D eigenvalue weighted by molar-refractivity contribution is -0.137. The molecule has 1 aliphatic rings. The van der Waals surface area contributed by atoms with Crippen molar-refractivity contribution < 1.29 is 26.3 Å². The minimum absolute atomic E-state index is 0.207. The van der Waals surface area contributed by atoms with Gasteiger partial charge in [0.2, 0.25) is 0 Å². The average molecular weight is 514 g/mol. The summed E-state index contributed by atoms with van der Waals surface area (Å²) in [6, 6.07) is 10.1. The van der Waals surface area contributed by atoms with Gasteiger partial charge in [0.15, 0.2) is 0 Å². The van der Waals surface area contributed by atoms with Crippen LogP contribution in [0.1, 0.15) is 31.2 Å². The highest BCUT2D eigenvalue weighted by Gasteiger charge is 2.31. The second-order valence-corrected chi connectivity index (χ2v) is 10.9. The molecule has 0 atom stereocenters. The summed E-state index contributed by atoms with van der Waals surface area (Å²) in [5.74, 6) is 0.645. The van der Waals surface area contributed by atoms with Gasteiger partial charge in [0.05, 0.1) is 22.8 Å². The van der Waals surface area contributed by atoms with Crippen molar-refractivity contribution in [3.05, 3.63) is 54.1 Å². The number of piperazine rings is 1. The molecule has 1 aliphatic heterocycles. The van der Waals surface area contributed by atoms with Gasteiger partial charge in [-0.15, -0.1) is 0 Å². The largest absolute Gasteiger partial charge is 0.494 e. The van der Waals surface area contributed by atoms with Gasteiger partial charge in [0, 0.05) is 33.2 Å². The number of unbranched alkanes of at least 4 members (excludes halogenated alkanes) is 3. The number of halogens is 3. The first-order valence-electron chi connectivity index (χ1n) is 11.9. The number of anilines is 1. The zero-order valence-electron chi connectivity index (χ0n) is 20.3. The molecule has 3 rings (SSSR count). The van der Waals surface area contributed by atoms with E-state index in [1.54, 1.807) is 24.3 Å². The van der Waals surface area contributed by atoms with E-state index in [-0.39, 0.29) is 4.90 Å². The molecule has 1 saturated heterocycles. The summed E-state index contributed by atoms with van der Waals surface area (Å²) in [6.45, 7) is 6.33. The van der Waals surface area contributed by atoms with E-state index in [0.717, 1.165) is 74.1 Å². The summed E-state index contributed by atoms with van der Waals surface area (Å²) in [7, 11) is -0.461. The van der Waals surface area contributed by atoms with Gasteiger partial charge in [-0.1, -0.05) is 12.8 Å². The van der Waals surface area contributed by atoms with Crippen LogP contribution >= 0.6 is 0 Å². The van der Waals surface area contributed by atoms with Crippen LogP contribution < -0.4 is 9.04 Å². The third-order valence-electron chi connectivity index (χ3n) is 6.27. The number of alkyl halides is 3. The fourth-order valence-electron chi connectivity index (χ4n) is 3.92. The second kappa shape index (κ2) is 12.1. The molecule has 0 aliphatic carbocycles. The molecule has 2 aromatic rings. The summed E-state index contributed by atoms with van der Waals surface area (Å²) in [4.78, 5) is 4.67. The Balaban J connectivity index is 1.41. The summed E-state index contributed by atoms with van der Waals surface area (Å²) < 4.78 is 70.7. The van der Waals surface area contributed by atoms with E-state index in [1.807, 2.05) is 0 Å². The molecule has 0 spiro atoms. The van der Waals surface area contributed by atoms with Crippen LogP contribution in [0.2, 0.25) is 0 Å². The maximum Gasteiger partial charge on any atom is 0.416 e. The van der Waals surface area contributed by atoms with E-state index < -0.39 is 21.8 Å². The minimum atomic E-state index is -4.52. The molecule has 0 radical (unpaired) electrons. The summed E-state index contributed by atoms with van der Waals surface area (Å²) in [5.41, 5.74) is -0.503. The fraction of sp³-hybridized carbons (Fsp3) is 0.520. The zero-order valence-corrected chi connectivity index (χ0v) is 21.1. The van der Waals surface area contributed by atoms with Crippen molar-refractivity contribution in [3.63, 3.8) is 0 Å². The van der Waals surface area contributed by atoms with Gasteiger partial charge in [0.1, 0.15) is 5.75 Å². The van der Waals surface area contributed by atoms with Crippen molar-refractivity contribution in [3.8, 4) is 5.75 Å². The summed E-state index contributed by atoms with van der Waals surface area (Å²) >= 11 is 0. The maximum absolute atomic E-state index is 12.8. The molecule has 0 aromatic heterocycles. The third kappa shape index (κ3) is 7.85. The zero-order chi connectivity index (χ0) is 25.5. The predicted octanol–water partition coefficient (Wildman–Crippen LogP) is 4.72. The molecule has 0 saturated carbocycles. The topological polar surface area (TPSA) is 53.1 Å². The second-order valence-electron chi connectivity index (χ2n) is 8.90. The Hall–Kier alpha value is -2.30. The first-order valence-corrected chi connectivity index (χ1v) is 13.3. The molecule has 194 valence electrons. The Morgan fingerprint density at radius 1 is 0.886 bits per heavy atom. The molecule has 0 amide bonds. The van der Waals surface area contributed by atoms with Crippen LogP contribution in [0, 0.1) is 0 Å². The first-order chi connectivity index (χ1) is 16.6. The van der Waals surface area contributed by atoms with Crippen LogP contribution in [0.4, 0.5) is 18.9 Å². The first kappa shape index (κ1) is 27.3. The van der Waals surface area contributed by atoms with Gasteiger partial charge in [0.25, 0.3) is 10.0 Å². The Labute approximate surface area is 206 Å². The Kier molecular flexibility index (Phi) is 9.43. The standard InChI is InChI=1S/C25H34F3N3O3S/c1-29-16-18-31(19-17-29)15-5-3-4-6-20-34-23-11-9-22(10-12-23)30(2)35(32,33)24-13-7-21(8-14-24)25(26,27)28/h7-14H,3-6,15-20H2,1-2H3. The molecule has 6 nitrogen and oxygen atoms in total. The van der Waals surface area contributed by atoms with Gasteiger partial charge < -0.3 is 14.5 Å². The minimum Gasteiger partial charge on any atom is -0.494 e. The number of hydrogen-bond acceptors (Lipinski definition) is 5. The van der Waals surface area contributed by atoms with E-state index in [1.165, 1.54) is 19.9 Å². The molecule has 0 N–H and O–H groups in total. The van der Waals surface area contributed by atoms with Crippen molar-refractivity contribution in [1.29, 1.82) is 0 Å². The van der Waals surface area contributed by atoms with Crippen LogP contribution in [0.15, 0.2) is 53.4 Å². The molecular formula is C25H34F3N3O3S. The SMILES string of the molecule is CN1CCN(CCCCCCOc2ccc(N(C)S(=O)(=O)c3ccc(C(F)(F)F)cc3)cc2)CC1.